The number of nitrogen functional groups attached to an aromatic ring is 1. The zero-order valence-corrected chi connectivity index (χ0v) is 13.3. The minimum absolute atomic E-state index is 0.00761. The molecule has 1 aromatic rings. The molecule has 0 saturated carbocycles. The molecule has 0 aliphatic rings. The van der Waals surface area contributed by atoms with Crippen LogP contribution >= 0.6 is 0 Å². The second-order valence-electron chi connectivity index (χ2n) is 5.82. The van der Waals surface area contributed by atoms with Gasteiger partial charge in [0.05, 0.1) is 5.69 Å². The summed E-state index contributed by atoms with van der Waals surface area (Å²) in [5.74, 6) is -0.00761. The Hall–Kier alpha value is -1.36. The number of hydrogen-bond acceptors (Lipinski definition) is 4. The molecule has 1 heterocycles. The van der Waals surface area contributed by atoms with E-state index in [2.05, 4.69) is 11.9 Å². The lowest BCUT2D eigenvalue weighted by Crippen LogP contribution is -2.39. The molecule has 1 aromatic heterocycles. The summed E-state index contributed by atoms with van der Waals surface area (Å²) in [6.07, 6.45) is 13.4. The van der Waals surface area contributed by atoms with Gasteiger partial charge in [-0.25, -0.2) is 4.73 Å². The van der Waals surface area contributed by atoms with Crippen LogP contribution in [0.3, 0.4) is 0 Å². The van der Waals surface area contributed by atoms with Gasteiger partial charge in [0.15, 0.2) is 0 Å². The Morgan fingerprint density at radius 2 is 1.76 bits per heavy atom. The van der Waals surface area contributed by atoms with Crippen molar-refractivity contribution in [2.75, 3.05) is 5.73 Å². The summed E-state index contributed by atoms with van der Waals surface area (Å²) in [7, 11) is 0. The molecule has 4 N–H and O–H groups in total. The average Bonchev–Trinajstić information content (AvgIpc) is 2.47. The SMILES string of the molecule is CCCCCCCCCCC(N)Cc1ccnc(N)[n+]1[O-]. The van der Waals surface area contributed by atoms with E-state index in [-0.39, 0.29) is 12.0 Å². The van der Waals surface area contributed by atoms with Gasteiger partial charge in [-0.1, -0.05) is 63.3 Å². The highest BCUT2D eigenvalue weighted by molar-refractivity contribution is 5.08. The van der Waals surface area contributed by atoms with Crippen LogP contribution in [0.4, 0.5) is 5.95 Å². The molecular formula is C16H30N4O. The van der Waals surface area contributed by atoms with E-state index in [9.17, 15) is 5.21 Å². The largest absolute Gasteiger partial charge is 0.740 e. The molecule has 0 saturated heterocycles. The summed E-state index contributed by atoms with van der Waals surface area (Å²) in [6, 6.07) is 1.71. The second kappa shape index (κ2) is 10.4. The van der Waals surface area contributed by atoms with Crippen molar-refractivity contribution < 1.29 is 4.73 Å². The number of aromatic nitrogens is 2. The molecule has 0 fully saturated rings. The average molecular weight is 294 g/mol. The monoisotopic (exact) mass is 294 g/mol. The molecule has 0 bridgehead atoms. The molecule has 0 aromatic carbocycles. The molecular weight excluding hydrogens is 264 g/mol. The maximum atomic E-state index is 11.7. The molecule has 120 valence electrons. The lowest BCUT2D eigenvalue weighted by molar-refractivity contribution is -0.601. The van der Waals surface area contributed by atoms with Crippen molar-refractivity contribution in [2.24, 2.45) is 5.73 Å². The summed E-state index contributed by atoms with van der Waals surface area (Å²) >= 11 is 0. The maximum absolute atomic E-state index is 11.7. The highest BCUT2D eigenvalue weighted by atomic mass is 16.5. The van der Waals surface area contributed by atoms with Gasteiger partial charge in [0.1, 0.15) is 6.20 Å². The molecule has 5 heteroatoms. The molecule has 1 unspecified atom stereocenters. The van der Waals surface area contributed by atoms with Crippen molar-refractivity contribution in [1.82, 2.24) is 4.98 Å². The fourth-order valence-electron chi connectivity index (χ4n) is 2.53. The van der Waals surface area contributed by atoms with Crippen LogP contribution in [-0.4, -0.2) is 11.0 Å². The van der Waals surface area contributed by atoms with Gasteiger partial charge < -0.3 is 10.9 Å². The number of rotatable bonds is 11. The van der Waals surface area contributed by atoms with Gasteiger partial charge in [-0.2, -0.15) is 0 Å². The lowest BCUT2D eigenvalue weighted by Gasteiger charge is -2.15. The van der Waals surface area contributed by atoms with E-state index in [1.54, 1.807) is 12.3 Å². The van der Waals surface area contributed by atoms with Crippen LogP contribution in [0.1, 0.15) is 70.4 Å². The Bertz CT molecular complexity index is 398. The van der Waals surface area contributed by atoms with E-state index in [0.717, 1.165) is 12.8 Å². The van der Waals surface area contributed by atoms with Gasteiger partial charge in [0.25, 0.3) is 0 Å². The van der Waals surface area contributed by atoms with E-state index < -0.39 is 0 Å². The highest BCUT2D eigenvalue weighted by Gasteiger charge is 2.10. The van der Waals surface area contributed by atoms with Crippen molar-refractivity contribution in [3.8, 4) is 0 Å². The van der Waals surface area contributed by atoms with Crippen LogP contribution in [0.15, 0.2) is 12.3 Å². The molecule has 21 heavy (non-hydrogen) atoms. The van der Waals surface area contributed by atoms with Gasteiger partial charge in [-0.15, -0.1) is 0 Å². The predicted octanol–water partition coefficient (Wildman–Crippen LogP) is 2.70. The van der Waals surface area contributed by atoms with E-state index in [1.165, 1.54) is 44.9 Å². The third-order valence-electron chi connectivity index (χ3n) is 3.84. The van der Waals surface area contributed by atoms with Crippen molar-refractivity contribution in [1.29, 1.82) is 0 Å². The summed E-state index contributed by atoms with van der Waals surface area (Å²) < 4.78 is 0.674. The van der Waals surface area contributed by atoms with Crippen molar-refractivity contribution in [3.63, 3.8) is 0 Å². The molecule has 1 rings (SSSR count). The Morgan fingerprint density at radius 1 is 1.14 bits per heavy atom. The highest BCUT2D eigenvalue weighted by Crippen LogP contribution is 2.11. The second-order valence-corrected chi connectivity index (χ2v) is 5.82. The molecule has 0 amide bonds. The number of nitrogens with zero attached hydrogens (tertiary/aromatic N) is 2. The third-order valence-corrected chi connectivity index (χ3v) is 3.84. The van der Waals surface area contributed by atoms with Crippen LogP contribution < -0.4 is 16.2 Å². The summed E-state index contributed by atoms with van der Waals surface area (Å²) in [6.45, 7) is 2.24. The molecule has 0 aliphatic heterocycles. The Morgan fingerprint density at radius 3 is 2.43 bits per heavy atom. The van der Waals surface area contributed by atoms with Crippen LogP contribution in [0.25, 0.3) is 0 Å². The first kappa shape index (κ1) is 17.7. The standard InChI is InChI=1S/C16H30N4O/c1-2-3-4-5-6-7-8-9-10-14(17)13-15-11-12-19-16(18)20(15)21/h11-12,14H,2-10,13,17H2,1H3,(H2,18,19). The first-order chi connectivity index (χ1) is 10.1. The molecule has 0 spiro atoms. The number of unbranched alkanes of at least 4 members (excludes halogenated alkanes) is 7. The minimum atomic E-state index is -0.00761. The topological polar surface area (TPSA) is 91.9 Å². The molecule has 5 nitrogen and oxygen atoms in total. The third kappa shape index (κ3) is 7.27. The zero-order chi connectivity index (χ0) is 15.5. The van der Waals surface area contributed by atoms with E-state index in [0.29, 0.717) is 16.8 Å². The smallest absolute Gasteiger partial charge is 0.389 e. The van der Waals surface area contributed by atoms with E-state index in [1.807, 2.05) is 0 Å². The van der Waals surface area contributed by atoms with Crippen LogP contribution in [-0.2, 0) is 6.42 Å². The Balaban J connectivity index is 2.11. The quantitative estimate of drug-likeness (QED) is 0.373. The van der Waals surface area contributed by atoms with Gasteiger partial charge in [-0.05, 0) is 6.42 Å². The summed E-state index contributed by atoms with van der Waals surface area (Å²) in [5, 5.41) is 11.7. The maximum Gasteiger partial charge on any atom is 0.389 e. The van der Waals surface area contributed by atoms with Gasteiger partial charge >= 0.3 is 5.95 Å². The van der Waals surface area contributed by atoms with Crippen molar-refractivity contribution >= 4 is 5.95 Å². The summed E-state index contributed by atoms with van der Waals surface area (Å²) in [5.41, 5.74) is 12.2. The number of nitrogens with two attached hydrogens (primary N) is 2. The van der Waals surface area contributed by atoms with Crippen LogP contribution in [0, 0.1) is 5.21 Å². The van der Waals surface area contributed by atoms with Gasteiger partial charge in [0.2, 0.25) is 0 Å². The Labute approximate surface area is 128 Å². The number of hydrogen-bond donors (Lipinski definition) is 2. The van der Waals surface area contributed by atoms with Gasteiger partial charge in [-0.3, -0.25) is 5.73 Å². The Kier molecular flexibility index (Phi) is 8.74. The lowest BCUT2D eigenvalue weighted by atomic mass is 10.0. The summed E-state index contributed by atoms with van der Waals surface area (Å²) in [4.78, 5) is 3.75. The predicted molar refractivity (Wildman–Crippen MR) is 86.5 cm³/mol. The normalized spacial score (nSPS) is 12.5. The zero-order valence-electron chi connectivity index (χ0n) is 13.3. The fourth-order valence-corrected chi connectivity index (χ4v) is 2.53. The fraction of sp³-hybridized carbons (Fsp3) is 0.750. The first-order valence-corrected chi connectivity index (χ1v) is 8.23. The van der Waals surface area contributed by atoms with Crippen molar-refractivity contribution in [2.45, 2.75) is 77.2 Å². The van der Waals surface area contributed by atoms with Crippen molar-refractivity contribution in [3.05, 3.63) is 23.2 Å². The van der Waals surface area contributed by atoms with Gasteiger partial charge in [0, 0.05) is 18.5 Å². The van der Waals surface area contributed by atoms with Crippen LogP contribution in [0.5, 0.6) is 0 Å². The minimum Gasteiger partial charge on any atom is -0.740 e. The van der Waals surface area contributed by atoms with E-state index >= 15 is 0 Å². The van der Waals surface area contributed by atoms with E-state index in [4.69, 9.17) is 11.5 Å². The number of anilines is 1. The van der Waals surface area contributed by atoms with Crippen LogP contribution in [0.2, 0.25) is 0 Å². The molecule has 1 atom stereocenters. The first-order valence-electron chi connectivity index (χ1n) is 8.23. The molecule has 0 aliphatic carbocycles. The molecule has 0 radical (unpaired) electrons.